The highest BCUT2D eigenvalue weighted by atomic mass is 16.5. The molecule has 0 unspecified atom stereocenters. The second kappa shape index (κ2) is 6.37. The fourth-order valence-corrected chi connectivity index (χ4v) is 1.52. The molecule has 0 aliphatic heterocycles. The van der Waals surface area contributed by atoms with Gasteiger partial charge in [0.25, 0.3) is 0 Å². The Kier molecular flexibility index (Phi) is 5.07. The normalized spacial score (nSPS) is 10.3. The van der Waals surface area contributed by atoms with Crippen LogP contribution in [0.25, 0.3) is 0 Å². The van der Waals surface area contributed by atoms with Gasteiger partial charge in [-0.3, -0.25) is 4.98 Å². The van der Waals surface area contributed by atoms with Crippen molar-refractivity contribution in [2.24, 2.45) is 5.73 Å². The Morgan fingerprint density at radius 1 is 1.53 bits per heavy atom. The molecule has 0 saturated carbocycles. The van der Waals surface area contributed by atoms with Crippen LogP contribution in [-0.4, -0.2) is 32.3 Å². The Labute approximate surface area is 91.1 Å². The van der Waals surface area contributed by atoms with Crippen LogP contribution in [0.5, 0.6) is 0 Å². The van der Waals surface area contributed by atoms with Crippen molar-refractivity contribution >= 4 is 5.69 Å². The van der Waals surface area contributed by atoms with E-state index in [0.29, 0.717) is 6.54 Å². The molecular formula is C11H19N3O. The molecule has 4 nitrogen and oxygen atoms in total. The predicted octanol–water partition coefficient (Wildman–Crippen LogP) is 1.01. The molecule has 0 aliphatic carbocycles. The lowest BCUT2D eigenvalue weighted by Crippen LogP contribution is -2.21. The summed E-state index contributed by atoms with van der Waals surface area (Å²) < 4.78 is 5.02. The van der Waals surface area contributed by atoms with Crippen LogP contribution in [0.1, 0.15) is 12.0 Å². The van der Waals surface area contributed by atoms with Crippen molar-refractivity contribution in [1.82, 2.24) is 4.98 Å². The molecule has 0 aliphatic rings. The van der Waals surface area contributed by atoms with Crippen LogP contribution >= 0.6 is 0 Å². The molecule has 15 heavy (non-hydrogen) atoms. The van der Waals surface area contributed by atoms with Crippen LogP contribution in [0.2, 0.25) is 0 Å². The maximum atomic E-state index is 5.65. The van der Waals surface area contributed by atoms with E-state index in [0.717, 1.165) is 30.8 Å². The quantitative estimate of drug-likeness (QED) is 0.710. The summed E-state index contributed by atoms with van der Waals surface area (Å²) in [6.07, 6.45) is 4.63. The first-order chi connectivity index (χ1) is 7.29. The zero-order valence-corrected chi connectivity index (χ0v) is 9.44. The molecule has 0 radical (unpaired) electrons. The fraction of sp³-hybridized carbons (Fsp3) is 0.545. The van der Waals surface area contributed by atoms with E-state index in [2.05, 4.69) is 16.9 Å². The van der Waals surface area contributed by atoms with Gasteiger partial charge in [-0.15, -0.1) is 0 Å². The number of anilines is 1. The highest BCUT2D eigenvalue weighted by molar-refractivity contribution is 5.51. The summed E-state index contributed by atoms with van der Waals surface area (Å²) in [6.45, 7) is 2.27. The van der Waals surface area contributed by atoms with Gasteiger partial charge >= 0.3 is 0 Å². The third-order valence-corrected chi connectivity index (χ3v) is 2.35. The lowest BCUT2D eigenvalue weighted by Gasteiger charge is -2.21. The Bertz CT molecular complexity index is 291. The molecule has 4 heteroatoms. The summed E-state index contributed by atoms with van der Waals surface area (Å²) in [6, 6.07) is 2.00. The number of nitrogens with two attached hydrogens (primary N) is 1. The molecule has 0 atom stereocenters. The minimum Gasteiger partial charge on any atom is -0.385 e. The van der Waals surface area contributed by atoms with Crippen molar-refractivity contribution in [2.45, 2.75) is 13.0 Å². The van der Waals surface area contributed by atoms with Crippen molar-refractivity contribution < 1.29 is 4.74 Å². The molecular weight excluding hydrogens is 190 g/mol. The van der Waals surface area contributed by atoms with Crippen molar-refractivity contribution in [3.05, 3.63) is 24.0 Å². The zero-order chi connectivity index (χ0) is 11.1. The summed E-state index contributed by atoms with van der Waals surface area (Å²) in [5.41, 5.74) is 7.89. The van der Waals surface area contributed by atoms with E-state index < -0.39 is 0 Å². The van der Waals surface area contributed by atoms with E-state index in [1.54, 1.807) is 13.3 Å². The van der Waals surface area contributed by atoms with Crippen molar-refractivity contribution in [2.75, 3.05) is 32.2 Å². The predicted molar refractivity (Wildman–Crippen MR) is 61.9 cm³/mol. The molecule has 0 aromatic carbocycles. The van der Waals surface area contributed by atoms with E-state index in [9.17, 15) is 0 Å². The van der Waals surface area contributed by atoms with Gasteiger partial charge in [0.1, 0.15) is 0 Å². The maximum Gasteiger partial charge on any atom is 0.0479 e. The minimum atomic E-state index is 0.526. The van der Waals surface area contributed by atoms with E-state index in [-0.39, 0.29) is 0 Å². The van der Waals surface area contributed by atoms with Gasteiger partial charge in [-0.2, -0.15) is 0 Å². The SMILES string of the molecule is COCCCN(C)c1ccncc1CN. The number of methoxy groups -OCH3 is 1. The Hall–Kier alpha value is -1.13. The van der Waals surface area contributed by atoms with Gasteiger partial charge in [0.05, 0.1) is 0 Å². The molecule has 1 rings (SSSR count). The second-order valence-electron chi connectivity index (χ2n) is 3.48. The summed E-state index contributed by atoms with van der Waals surface area (Å²) in [7, 11) is 3.78. The van der Waals surface area contributed by atoms with E-state index in [4.69, 9.17) is 10.5 Å². The highest BCUT2D eigenvalue weighted by Gasteiger charge is 2.05. The van der Waals surface area contributed by atoms with E-state index >= 15 is 0 Å². The van der Waals surface area contributed by atoms with Gasteiger partial charge < -0.3 is 15.4 Å². The lowest BCUT2D eigenvalue weighted by molar-refractivity contribution is 0.196. The largest absolute Gasteiger partial charge is 0.385 e. The number of rotatable bonds is 6. The van der Waals surface area contributed by atoms with Crippen LogP contribution in [0.3, 0.4) is 0 Å². The Morgan fingerprint density at radius 3 is 3.00 bits per heavy atom. The molecule has 0 spiro atoms. The molecule has 2 N–H and O–H groups in total. The van der Waals surface area contributed by atoms with Crippen LogP contribution < -0.4 is 10.6 Å². The number of hydrogen-bond donors (Lipinski definition) is 1. The summed E-state index contributed by atoms with van der Waals surface area (Å²) in [5.74, 6) is 0. The molecule has 84 valence electrons. The van der Waals surface area contributed by atoms with Gasteiger partial charge in [-0.05, 0) is 12.5 Å². The monoisotopic (exact) mass is 209 g/mol. The maximum absolute atomic E-state index is 5.65. The molecule has 1 aromatic rings. The number of nitrogens with zero attached hydrogens (tertiary/aromatic N) is 2. The number of aromatic nitrogens is 1. The highest BCUT2D eigenvalue weighted by Crippen LogP contribution is 2.17. The van der Waals surface area contributed by atoms with Gasteiger partial charge in [0.15, 0.2) is 0 Å². The van der Waals surface area contributed by atoms with Crippen LogP contribution in [0.15, 0.2) is 18.5 Å². The first-order valence-corrected chi connectivity index (χ1v) is 5.12. The average Bonchev–Trinajstić information content (AvgIpc) is 2.29. The first-order valence-electron chi connectivity index (χ1n) is 5.12. The van der Waals surface area contributed by atoms with Crippen molar-refractivity contribution in [3.63, 3.8) is 0 Å². The minimum absolute atomic E-state index is 0.526. The Morgan fingerprint density at radius 2 is 2.33 bits per heavy atom. The zero-order valence-electron chi connectivity index (χ0n) is 9.44. The third-order valence-electron chi connectivity index (χ3n) is 2.35. The summed E-state index contributed by atoms with van der Waals surface area (Å²) in [4.78, 5) is 6.25. The molecule has 1 heterocycles. The summed E-state index contributed by atoms with van der Waals surface area (Å²) >= 11 is 0. The van der Waals surface area contributed by atoms with Gasteiger partial charge in [0.2, 0.25) is 0 Å². The smallest absolute Gasteiger partial charge is 0.0479 e. The standard InChI is InChI=1S/C11H19N3O/c1-14(6-3-7-15-2)11-4-5-13-9-10(11)8-12/h4-5,9H,3,6-8,12H2,1-2H3. The van der Waals surface area contributed by atoms with Crippen LogP contribution in [-0.2, 0) is 11.3 Å². The van der Waals surface area contributed by atoms with Crippen molar-refractivity contribution in [3.8, 4) is 0 Å². The van der Waals surface area contributed by atoms with Gasteiger partial charge in [-0.1, -0.05) is 0 Å². The second-order valence-corrected chi connectivity index (χ2v) is 3.48. The Balaban J connectivity index is 2.59. The molecule has 0 bridgehead atoms. The number of hydrogen-bond acceptors (Lipinski definition) is 4. The van der Waals surface area contributed by atoms with Gasteiger partial charge in [-0.25, -0.2) is 0 Å². The van der Waals surface area contributed by atoms with Crippen molar-refractivity contribution in [1.29, 1.82) is 0 Å². The van der Waals surface area contributed by atoms with E-state index in [1.165, 1.54) is 0 Å². The lowest BCUT2D eigenvalue weighted by atomic mass is 10.2. The molecule has 0 saturated heterocycles. The number of ether oxygens (including phenoxy) is 1. The topological polar surface area (TPSA) is 51.4 Å². The third kappa shape index (κ3) is 3.49. The summed E-state index contributed by atoms with van der Waals surface area (Å²) in [5, 5.41) is 0. The molecule has 0 fully saturated rings. The molecule has 1 aromatic heterocycles. The first kappa shape index (κ1) is 11.9. The molecule has 0 amide bonds. The van der Waals surface area contributed by atoms with Crippen LogP contribution in [0.4, 0.5) is 5.69 Å². The average molecular weight is 209 g/mol. The van der Waals surface area contributed by atoms with Gasteiger partial charge in [0, 0.05) is 57.5 Å². The van der Waals surface area contributed by atoms with E-state index in [1.807, 2.05) is 12.3 Å². The number of pyridine rings is 1. The fourth-order valence-electron chi connectivity index (χ4n) is 1.52. The van der Waals surface area contributed by atoms with Crippen LogP contribution in [0, 0.1) is 0 Å².